The number of carbonyl (C=O) groups is 1. The molecule has 1 aliphatic rings. The van der Waals surface area contributed by atoms with Gasteiger partial charge in [0.05, 0.1) is 7.11 Å². The molecule has 0 amide bonds. The van der Waals surface area contributed by atoms with Crippen LogP contribution in [0.25, 0.3) is 32.3 Å². The van der Waals surface area contributed by atoms with Crippen molar-refractivity contribution < 1.29 is 34.3 Å². The minimum absolute atomic E-state index is 0.428. The van der Waals surface area contributed by atoms with E-state index in [1.54, 1.807) is 6.07 Å². The molecule has 5 rings (SSSR count). The molecule has 1 fully saturated rings. The maximum absolute atomic E-state index is 11.9. The van der Waals surface area contributed by atoms with Crippen LogP contribution in [-0.2, 0) is 14.3 Å². The smallest absolute Gasteiger partial charge is 0.337 e. The van der Waals surface area contributed by atoms with E-state index in [4.69, 9.17) is 9.47 Å². The molecule has 154 valence electrons. The van der Waals surface area contributed by atoms with Crippen LogP contribution in [0.15, 0.2) is 54.6 Å². The second-order valence-electron chi connectivity index (χ2n) is 7.46. The van der Waals surface area contributed by atoms with Gasteiger partial charge in [0, 0.05) is 10.8 Å². The van der Waals surface area contributed by atoms with Crippen LogP contribution in [-0.4, -0.2) is 59.1 Å². The van der Waals surface area contributed by atoms with E-state index in [1.807, 2.05) is 42.5 Å². The Labute approximate surface area is 171 Å². The highest BCUT2D eigenvalue weighted by Crippen LogP contribution is 2.39. The van der Waals surface area contributed by atoms with Gasteiger partial charge in [-0.25, -0.2) is 4.79 Å². The van der Waals surface area contributed by atoms with Crippen molar-refractivity contribution in [3.63, 3.8) is 0 Å². The minimum atomic E-state index is -1.63. The van der Waals surface area contributed by atoms with Crippen LogP contribution in [0, 0.1) is 0 Å². The quantitative estimate of drug-likeness (QED) is 0.351. The third-order valence-electron chi connectivity index (χ3n) is 5.73. The van der Waals surface area contributed by atoms with Crippen molar-refractivity contribution in [1.82, 2.24) is 0 Å². The first-order valence-electron chi connectivity index (χ1n) is 9.60. The van der Waals surface area contributed by atoms with E-state index in [-0.39, 0.29) is 0 Å². The number of aliphatic hydroxyl groups is 3. The van der Waals surface area contributed by atoms with Crippen molar-refractivity contribution in [2.45, 2.75) is 30.7 Å². The van der Waals surface area contributed by atoms with Crippen LogP contribution >= 0.6 is 0 Å². The van der Waals surface area contributed by atoms with Crippen LogP contribution in [0.2, 0.25) is 0 Å². The molecule has 0 bridgehead atoms. The topological polar surface area (TPSA) is 105 Å². The lowest BCUT2D eigenvalue weighted by Crippen LogP contribution is -2.61. The Kier molecular flexibility index (Phi) is 4.48. The molecule has 0 aliphatic carbocycles. The Bertz CT molecular complexity index is 1220. The Morgan fingerprint density at radius 1 is 0.833 bits per heavy atom. The molecular weight excluding hydrogens is 388 g/mol. The number of benzene rings is 4. The summed E-state index contributed by atoms with van der Waals surface area (Å²) < 4.78 is 16.0. The fourth-order valence-electron chi connectivity index (χ4n) is 4.19. The van der Waals surface area contributed by atoms with Gasteiger partial charge in [-0.05, 0) is 33.7 Å². The molecule has 0 radical (unpaired) electrons. The molecule has 3 N–H and O–H groups in total. The monoisotopic (exact) mass is 408 g/mol. The number of hydrogen-bond donors (Lipinski definition) is 3. The van der Waals surface area contributed by atoms with Crippen molar-refractivity contribution in [2.24, 2.45) is 0 Å². The van der Waals surface area contributed by atoms with Gasteiger partial charge in [-0.3, -0.25) is 0 Å². The van der Waals surface area contributed by atoms with Gasteiger partial charge in [-0.2, -0.15) is 0 Å². The fraction of sp³-hybridized carbons (Fsp3) is 0.261. The molecule has 0 spiro atoms. The summed E-state index contributed by atoms with van der Waals surface area (Å²) in [4.78, 5) is 11.9. The summed E-state index contributed by atoms with van der Waals surface area (Å²) in [7, 11) is 1.15. The van der Waals surface area contributed by atoms with Crippen molar-refractivity contribution >= 4 is 38.3 Å². The maximum Gasteiger partial charge on any atom is 0.337 e. The Morgan fingerprint density at radius 2 is 1.47 bits per heavy atom. The number of ether oxygens (including phenoxy) is 3. The van der Waals surface area contributed by atoms with E-state index in [0.29, 0.717) is 5.75 Å². The first-order chi connectivity index (χ1) is 14.5. The lowest BCUT2D eigenvalue weighted by atomic mass is 9.94. The first kappa shape index (κ1) is 19.0. The van der Waals surface area contributed by atoms with Crippen LogP contribution in [0.3, 0.4) is 0 Å². The van der Waals surface area contributed by atoms with Crippen molar-refractivity contribution in [3.8, 4) is 5.75 Å². The molecule has 4 aromatic rings. The number of rotatable bonds is 3. The lowest BCUT2D eigenvalue weighted by molar-refractivity contribution is -0.271. The summed E-state index contributed by atoms with van der Waals surface area (Å²) in [6, 6.07) is 17.8. The van der Waals surface area contributed by atoms with Gasteiger partial charge >= 0.3 is 5.97 Å². The summed E-state index contributed by atoms with van der Waals surface area (Å²) in [6.07, 6.45) is -7.66. The molecule has 1 aliphatic heterocycles. The van der Waals surface area contributed by atoms with Crippen LogP contribution < -0.4 is 4.74 Å². The first-order valence-corrected chi connectivity index (χ1v) is 9.60. The SMILES string of the molecule is COC(=O)[C@H]1O[C@@H](Oc2ccc3ccc4cccc5ccc2c3c45)[C@H](O)[C@@H](O)[C@@H]1O. The molecule has 5 atom stereocenters. The third-order valence-corrected chi connectivity index (χ3v) is 5.73. The van der Waals surface area contributed by atoms with Gasteiger partial charge in [0.1, 0.15) is 24.1 Å². The van der Waals surface area contributed by atoms with E-state index in [1.165, 1.54) is 0 Å². The highest BCUT2D eigenvalue weighted by atomic mass is 16.7. The van der Waals surface area contributed by atoms with E-state index >= 15 is 0 Å². The highest BCUT2D eigenvalue weighted by Gasteiger charge is 2.48. The normalized spacial score (nSPS) is 27.0. The zero-order valence-corrected chi connectivity index (χ0v) is 16.1. The van der Waals surface area contributed by atoms with Gasteiger partial charge in [0.25, 0.3) is 0 Å². The van der Waals surface area contributed by atoms with E-state index in [2.05, 4.69) is 10.8 Å². The summed E-state index contributed by atoms with van der Waals surface area (Å²) >= 11 is 0. The highest BCUT2D eigenvalue weighted by molar-refractivity contribution is 6.24. The molecule has 4 aromatic carbocycles. The van der Waals surface area contributed by atoms with Crippen LogP contribution in [0.5, 0.6) is 5.75 Å². The summed E-state index contributed by atoms with van der Waals surface area (Å²) in [6.45, 7) is 0. The van der Waals surface area contributed by atoms with Gasteiger partial charge in [0.15, 0.2) is 6.10 Å². The number of esters is 1. The predicted molar refractivity (Wildman–Crippen MR) is 109 cm³/mol. The standard InChI is InChI=1S/C23H20O7/c1-28-22(27)21-19(25)18(24)20(26)23(30-21)29-15-10-8-13-6-5-11-3-2-4-12-7-9-14(15)17(13)16(11)12/h2-10,18-21,23-26H,1H3/t18-,19-,20+,21-,23+/m0/s1. The predicted octanol–water partition coefficient (Wildman–Crippen LogP) is 1.94. The Balaban J connectivity index is 1.59. The van der Waals surface area contributed by atoms with Crippen LogP contribution in [0.1, 0.15) is 0 Å². The molecule has 0 saturated carbocycles. The van der Waals surface area contributed by atoms with Crippen molar-refractivity contribution in [2.75, 3.05) is 7.11 Å². The fourth-order valence-corrected chi connectivity index (χ4v) is 4.19. The number of carbonyl (C=O) groups excluding carboxylic acids is 1. The molecule has 1 heterocycles. The third kappa shape index (κ3) is 2.79. The molecular formula is C23H20O7. The largest absolute Gasteiger partial charge is 0.467 e. The van der Waals surface area contributed by atoms with Gasteiger partial charge in [-0.15, -0.1) is 0 Å². The van der Waals surface area contributed by atoms with E-state index < -0.39 is 36.7 Å². The van der Waals surface area contributed by atoms with Crippen LogP contribution in [0.4, 0.5) is 0 Å². The van der Waals surface area contributed by atoms with Gasteiger partial charge in [-0.1, -0.05) is 42.5 Å². The van der Waals surface area contributed by atoms with Gasteiger partial charge in [0.2, 0.25) is 6.29 Å². The van der Waals surface area contributed by atoms with Gasteiger partial charge < -0.3 is 29.5 Å². The number of hydrogen-bond acceptors (Lipinski definition) is 7. The maximum atomic E-state index is 11.9. The molecule has 0 unspecified atom stereocenters. The zero-order valence-electron chi connectivity index (χ0n) is 16.1. The van der Waals surface area contributed by atoms with E-state index in [9.17, 15) is 20.1 Å². The summed E-state index contributed by atoms with van der Waals surface area (Å²) in [5.74, 6) is -0.436. The average Bonchev–Trinajstić information content (AvgIpc) is 2.78. The second kappa shape index (κ2) is 7.07. The molecule has 1 saturated heterocycles. The molecule has 0 aromatic heterocycles. The summed E-state index contributed by atoms with van der Waals surface area (Å²) in [5, 5.41) is 36.8. The van der Waals surface area contributed by atoms with Crippen molar-refractivity contribution in [1.29, 1.82) is 0 Å². The number of methoxy groups -OCH3 is 1. The minimum Gasteiger partial charge on any atom is -0.467 e. The van der Waals surface area contributed by atoms with Crippen molar-refractivity contribution in [3.05, 3.63) is 54.6 Å². The van der Waals surface area contributed by atoms with E-state index in [0.717, 1.165) is 39.4 Å². The molecule has 7 nitrogen and oxygen atoms in total. The molecule has 7 heteroatoms. The Morgan fingerprint density at radius 3 is 2.17 bits per heavy atom. The lowest BCUT2D eigenvalue weighted by Gasteiger charge is -2.39. The zero-order chi connectivity index (χ0) is 21.0. The summed E-state index contributed by atoms with van der Waals surface area (Å²) in [5.41, 5.74) is 0. The molecule has 30 heavy (non-hydrogen) atoms. The number of aliphatic hydroxyl groups excluding tert-OH is 3. The Hall–Kier alpha value is -2.97. The second-order valence-corrected chi connectivity index (χ2v) is 7.46. The average molecular weight is 408 g/mol.